The van der Waals surface area contributed by atoms with Gasteiger partial charge in [0.25, 0.3) is 5.91 Å². The molecular formula is C18H25N5O6S. The maximum absolute atomic E-state index is 12.6. The minimum Gasteiger partial charge on any atom is -0.452 e. The highest BCUT2D eigenvalue weighted by Crippen LogP contribution is 2.23. The van der Waals surface area contributed by atoms with Gasteiger partial charge in [0.15, 0.2) is 6.61 Å². The Balaban J connectivity index is 2.19. The van der Waals surface area contributed by atoms with Crippen LogP contribution < -0.4 is 10.6 Å². The van der Waals surface area contributed by atoms with Crippen molar-refractivity contribution in [2.45, 2.75) is 11.8 Å². The van der Waals surface area contributed by atoms with Gasteiger partial charge in [0.2, 0.25) is 10.0 Å². The zero-order valence-corrected chi connectivity index (χ0v) is 18.0. The Bertz CT molecular complexity index is 1030. The van der Waals surface area contributed by atoms with Crippen LogP contribution in [0.5, 0.6) is 0 Å². The van der Waals surface area contributed by atoms with Crippen LogP contribution in [-0.4, -0.2) is 73.3 Å². The Kier molecular flexibility index (Phi) is 7.54. The van der Waals surface area contributed by atoms with Gasteiger partial charge in [-0.15, -0.1) is 0 Å². The molecule has 1 aromatic heterocycles. The summed E-state index contributed by atoms with van der Waals surface area (Å²) in [5, 5.41) is 18.5. The molecule has 2 aromatic rings. The molecule has 1 amide bonds. The second-order valence-corrected chi connectivity index (χ2v) is 8.72. The number of aliphatic hydroxyl groups excluding tert-OH is 1. The maximum Gasteiger partial charge on any atom is 0.340 e. The van der Waals surface area contributed by atoms with Gasteiger partial charge in [0.05, 0.1) is 22.8 Å². The summed E-state index contributed by atoms with van der Waals surface area (Å²) in [5.41, 5.74) is 0.910. The van der Waals surface area contributed by atoms with Crippen molar-refractivity contribution in [1.29, 1.82) is 0 Å². The second-order valence-electron chi connectivity index (χ2n) is 6.56. The number of aliphatic hydroxyl groups is 1. The monoisotopic (exact) mass is 439 g/mol. The fourth-order valence-electron chi connectivity index (χ4n) is 2.52. The van der Waals surface area contributed by atoms with Crippen LogP contribution in [0.1, 0.15) is 16.1 Å². The molecule has 0 saturated carbocycles. The summed E-state index contributed by atoms with van der Waals surface area (Å²) in [4.78, 5) is 24.6. The molecule has 2 rings (SSSR count). The Morgan fingerprint density at radius 2 is 1.97 bits per heavy atom. The summed E-state index contributed by atoms with van der Waals surface area (Å²) in [6, 6.07) is 5.57. The quantitative estimate of drug-likeness (QED) is 0.470. The van der Waals surface area contributed by atoms with Crippen molar-refractivity contribution in [3.63, 3.8) is 0 Å². The first-order chi connectivity index (χ1) is 14.1. The lowest BCUT2D eigenvalue weighted by Gasteiger charge is -2.15. The number of nitrogens with zero attached hydrogens (tertiary/aromatic N) is 3. The van der Waals surface area contributed by atoms with Crippen molar-refractivity contribution in [2.24, 2.45) is 7.05 Å². The van der Waals surface area contributed by atoms with E-state index in [2.05, 4.69) is 15.7 Å². The number of esters is 1. The number of carbonyl (C=O) groups excluding carboxylic acids is 2. The Labute approximate surface area is 174 Å². The number of rotatable bonds is 9. The molecule has 0 spiro atoms. The van der Waals surface area contributed by atoms with E-state index in [9.17, 15) is 18.0 Å². The maximum atomic E-state index is 12.6. The fourth-order valence-corrected chi connectivity index (χ4v) is 3.45. The number of sulfonamides is 1. The number of aryl methyl sites for hydroxylation is 2. The highest BCUT2D eigenvalue weighted by atomic mass is 32.2. The Hall–Kier alpha value is -2.96. The third-order valence-electron chi connectivity index (χ3n) is 4.02. The van der Waals surface area contributed by atoms with Crippen molar-refractivity contribution >= 4 is 33.4 Å². The van der Waals surface area contributed by atoms with Crippen molar-refractivity contribution < 1.29 is 27.9 Å². The van der Waals surface area contributed by atoms with E-state index >= 15 is 0 Å². The topological polar surface area (TPSA) is 143 Å². The van der Waals surface area contributed by atoms with Gasteiger partial charge in [0.1, 0.15) is 5.82 Å². The van der Waals surface area contributed by atoms with Gasteiger partial charge in [-0.2, -0.15) is 5.10 Å². The number of hydrogen-bond acceptors (Lipinski definition) is 8. The molecular weight excluding hydrogens is 414 g/mol. The van der Waals surface area contributed by atoms with E-state index in [-0.39, 0.29) is 29.3 Å². The molecule has 0 radical (unpaired) electrons. The molecule has 12 heteroatoms. The van der Waals surface area contributed by atoms with Crippen LogP contribution in [0.3, 0.4) is 0 Å². The van der Waals surface area contributed by atoms with Crippen LogP contribution in [-0.2, 0) is 26.6 Å². The summed E-state index contributed by atoms with van der Waals surface area (Å²) in [7, 11) is 0.614. The fraction of sp³-hybridized carbons (Fsp3) is 0.389. The highest BCUT2D eigenvalue weighted by Gasteiger charge is 2.22. The number of amides is 1. The molecule has 0 saturated heterocycles. The van der Waals surface area contributed by atoms with Crippen LogP contribution in [0.15, 0.2) is 29.2 Å². The molecule has 0 fully saturated rings. The van der Waals surface area contributed by atoms with Crippen molar-refractivity contribution in [3.8, 4) is 0 Å². The molecule has 0 aliphatic rings. The van der Waals surface area contributed by atoms with Gasteiger partial charge < -0.3 is 20.5 Å². The van der Waals surface area contributed by atoms with Crippen LogP contribution in [0.4, 0.5) is 11.5 Å². The highest BCUT2D eigenvalue weighted by molar-refractivity contribution is 7.89. The molecule has 0 unspecified atom stereocenters. The zero-order chi connectivity index (χ0) is 22.5. The first-order valence-electron chi connectivity index (χ1n) is 8.95. The van der Waals surface area contributed by atoms with Gasteiger partial charge in [0, 0.05) is 39.4 Å². The minimum absolute atomic E-state index is 0.0736. The summed E-state index contributed by atoms with van der Waals surface area (Å²) in [5.74, 6) is -1.02. The normalized spacial score (nSPS) is 11.4. The number of benzene rings is 1. The molecule has 0 aliphatic heterocycles. The van der Waals surface area contributed by atoms with Crippen LogP contribution >= 0.6 is 0 Å². The van der Waals surface area contributed by atoms with Crippen molar-refractivity contribution in [1.82, 2.24) is 14.1 Å². The Morgan fingerprint density at radius 3 is 2.53 bits per heavy atom. The number of carbonyl (C=O) groups is 2. The average Bonchev–Trinajstić information content (AvgIpc) is 3.00. The van der Waals surface area contributed by atoms with E-state index in [1.54, 1.807) is 20.0 Å². The first kappa shape index (κ1) is 23.3. The molecule has 1 heterocycles. The molecule has 164 valence electrons. The minimum atomic E-state index is -3.79. The van der Waals surface area contributed by atoms with Crippen LogP contribution in [0.2, 0.25) is 0 Å². The molecule has 0 aliphatic carbocycles. The van der Waals surface area contributed by atoms with E-state index in [1.807, 2.05) is 0 Å². The second kappa shape index (κ2) is 9.69. The van der Waals surface area contributed by atoms with Gasteiger partial charge in [-0.3, -0.25) is 9.48 Å². The molecule has 0 bridgehead atoms. The van der Waals surface area contributed by atoms with E-state index in [0.717, 1.165) is 4.31 Å². The zero-order valence-electron chi connectivity index (χ0n) is 17.2. The summed E-state index contributed by atoms with van der Waals surface area (Å²) >= 11 is 0. The number of nitrogens with one attached hydrogen (secondary N) is 2. The molecule has 11 nitrogen and oxygen atoms in total. The Morgan fingerprint density at radius 1 is 1.27 bits per heavy atom. The molecule has 3 N–H and O–H groups in total. The van der Waals surface area contributed by atoms with Crippen molar-refractivity contribution in [3.05, 3.63) is 35.5 Å². The van der Waals surface area contributed by atoms with Crippen LogP contribution in [0, 0.1) is 6.92 Å². The molecule has 1 aromatic carbocycles. The standard InChI is InChI=1S/C18H25N5O6S/c1-12-9-16(23(4)21-12)20-17(25)11-29-18(26)14-10-13(30(27,28)22(2)3)5-6-15(14)19-7-8-24/h5-6,9-10,19,24H,7-8,11H2,1-4H3,(H,20,25). The summed E-state index contributed by atoms with van der Waals surface area (Å²) in [6.45, 7) is 1.14. The van der Waals surface area contributed by atoms with E-state index in [1.165, 1.54) is 37.0 Å². The average molecular weight is 439 g/mol. The number of hydrogen-bond donors (Lipinski definition) is 3. The molecule has 30 heavy (non-hydrogen) atoms. The first-order valence-corrected chi connectivity index (χ1v) is 10.4. The predicted molar refractivity (Wildman–Crippen MR) is 110 cm³/mol. The third-order valence-corrected chi connectivity index (χ3v) is 5.83. The number of aromatic nitrogens is 2. The third kappa shape index (κ3) is 5.55. The van der Waals surface area contributed by atoms with Crippen molar-refractivity contribution in [2.75, 3.05) is 44.5 Å². The SMILES string of the molecule is Cc1cc(NC(=O)COC(=O)c2cc(S(=O)(=O)N(C)C)ccc2NCCO)n(C)n1. The smallest absolute Gasteiger partial charge is 0.340 e. The summed E-state index contributed by atoms with van der Waals surface area (Å²) in [6.07, 6.45) is 0. The number of ether oxygens (including phenoxy) is 1. The predicted octanol–water partition coefficient (Wildman–Crippen LogP) is 0.179. The van der Waals surface area contributed by atoms with Gasteiger partial charge >= 0.3 is 5.97 Å². The van der Waals surface area contributed by atoms with Gasteiger partial charge in [-0.05, 0) is 25.1 Å². The number of anilines is 2. The largest absolute Gasteiger partial charge is 0.452 e. The van der Waals surface area contributed by atoms with Crippen LogP contribution in [0.25, 0.3) is 0 Å². The van der Waals surface area contributed by atoms with E-state index < -0.39 is 28.5 Å². The lowest BCUT2D eigenvalue weighted by Crippen LogP contribution is -2.24. The lowest BCUT2D eigenvalue weighted by molar-refractivity contribution is -0.119. The van der Waals surface area contributed by atoms with E-state index in [0.29, 0.717) is 11.5 Å². The summed E-state index contributed by atoms with van der Waals surface area (Å²) < 4.78 is 32.3. The van der Waals surface area contributed by atoms with E-state index in [4.69, 9.17) is 9.84 Å². The lowest BCUT2D eigenvalue weighted by atomic mass is 10.2. The molecule has 0 atom stereocenters. The van der Waals surface area contributed by atoms with Gasteiger partial charge in [-0.25, -0.2) is 17.5 Å². The van der Waals surface area contributed by atoms with Gasteiger partial charge in [-0.1, -0.05) is 0 Å².